The van der Waals surface area contributed by atoms with Gasteiger partial charge in [-0.2, -0.15) is 0 Å². The molecular formula is C20H28Br2O6. The molecule has 0 radical (unpaired) electrons. The Morgan fingerprint density at radius 1 is 0.821 bits per heavy atom. The summed E-state index contributed by atoms with van der Waals surface area (Å²) in [5.74, 6) is -0.978. The van der Waals surface area contributed by atoms with Crippen molar-refractivity contribution in [2.75, 3.05) is 19.8 Å². The van der Waals surface area contributed by atoms with Gasteiger partial charge in [0.25, 0.3) is 0 Å². The second-order valence-corrected chi connectivity index (χ2v) is 8.50. The lowest BCUT2D eigenvalue weighted by atomic mass is 10.1. The molecule has 0 aliphatic rings. The molecule has 8 heteroatoms. The first-order valence-electron chi connectivity index (χ1n) is 9.22. The Kier molecular flexibility index (Phi) is 11.3. The molecule has 158 valence electrons. The van der Waals surface area contributed by atoms with Crippen molar-refractivity contribution in [2.24, 2.45) is 0 Å². The van der Waals surface area contributed by atoms with Gasteiger partial charge in [-0.3, -0.25) is 0 Å². The van der Waals surface area contributed by atoms with E-state index in [1.54, 1.807) is 12.1 Å². The summed E-state index contributed by atoms with van der Waals surface area (Å²) in [7, 11) is 0. The lowest BCUT2D eigenvalue weighted by molar-refractivity contribution is 0.0155. The molecule has 28 heavy (non-hydrogen) atoms. The lowest BCUT2D eigenvalue weighted by Crippen LogP contribution is -2.19. The molecule has 6 nitrogen and oxygen atoms in total. The molecule has 0 saturated heterocycles. The van der Waals surface area contributed by atoms with E-state index in [1.165, 1.54) is 0 Å². The average Bonchev–Trinajstić information content (AvgIpc) is 2.59. The molecule has 1 unspecified atom stereocenters. The fourth-order valence-corrected chi connectivity index (χ4v) is 3.14. The van der Waals surface area contributed by atoms with Crippen LogP contribution >= 0.6 is 31.9 Å². The van der Waals surface area contributed by atoms with E-state index in [0.29, 0.717) is 39.7 Å². The standard InChI is InChI=1S/C20H28Br2O6/c1-12(2)25-7-6-14(5)28-20(24)16-11-17(21)15(10-18(16)22)19(23)27-9-8-26-13(3)4/h10-14H,6-9H2,1-5H3. The molecule has 0 saturated carbocycles. The third-order valence-electron chi connectivity index (χ3n) is 3.55. The van der Waals surface area contributed by atoms with Gasteiger partial charge >= 0.3 is 11.9 Å². The molecule has 1 aromatic rings. The van der Waals surface area contributed by atoms with Crippen LogP contribution in [-0.2, 0) is 18.9 Å². The van der Waals surface area contributed by atoms with Crippen molar-refractivity contribution in [3.8, 4) is 0 Å². The van der Waals surface area contributed by atoms with Crippen LogP contribution < -0.4 is 0 Å². The summed E-state index contributed by atoms with van der Waals surface area (Å²) < 4.78 is 22.4. The van der Waals surface area contributed by atoms with Crippen LogP contribution in [0.3, 0.4) is 0 Å². The highest BCUT2D eigenvalue weighted by Crippen LogP contribution is 2.28. The van der Waals surface area contributed by atoms with Crippen molar-refractivity contribution >= 4 is 43.8 Å². The van der Waals surface area contributed by atoms with Crippen molar-refractivity contribution < 1.29 is 28.5 Å². The van der Waals surface area contributed by atoms with Gasteiger partial charge in [-0.05, 0) is 78.6 Å². The number of hydrogen-bond donors (Lipinski definition) is 0. The normalized spacial score (nSPS) is 12.3. The van der Waals surface area contributed by atoms with Crippen LogP contribution in [0.4, 0.5) is 0 Å². The van der Waals surface area contributed by atoms with Gasteiger partial charge < -0.3 is 18.9 Å². The van der Waals surface area contributed by atoms with Crippen molar-refractivity contribution in [2.45, 2.75) is 59.4 Å². The Morgan fingerprint density at radius 2 is 1.32 bits per heavy atom. The second-order valence-electron chi connectivity index (χ2n) is 6.79. The fraction of sp³-hybridized carbons (Fsp3) is 0.600. The number of carbonyl (C=O) groups is 2. The summed E-state index contributed by atoms with van der Waals surface area (Å²) in [6.45, 7) is 10.5. The van der Waals surface area contributed by atoms with E-state index in [-0.39, 0.29) is 24.9 Å². The highest BCUT2D eigenvalue weighted by atomic mass is 79.9. The zero-order valence-corrected chi connectivity index (χ0v) is 20.1. The van der Waals surface area contributed by atoms with E-state index in [1.807, 2.05) is 34.6 Å². The number of hydrogen-bond acceptors (Lipinski definition) is 6. The van der Waals surface area contributed by atoms with E-state index >= 15 is 0 Å². The molecule has 0 bridgehead atoms. The van der Waals surface area contributed by atoms with Crippen LogP contribution in [0, 0.1) is 0 Å². The van der Waals surface area contributed by atoms with Crippen LogP contribution in [0.5, 0.6) is 0 Å². The molecule has 0 heterocycles. The molecular weight excluding hydrogens is 496 g/mol. The summed E-state index contributed by atoms with van der Waals surface area (Å²) in [6, 6.07) is 3.09. The van der Waals surface area contributed by atoms with E-state index < -0.39 is 11.9 Å². The van der Waals surface area contributed by atoms with E-state index in [0.717, 1.165) is 0 Å². The van der Waals surface area contributed by atoms with Gasteiger partial charge in [0, 0.05) is 15.4 Å². The molecule has 1 rings (SSSR count). The number of carbonyl (C=O) groups excluding carboxylic acids is 2. The number of benzene rings is 1. The van der Waals surface area contributed by atoms with Crippen LogP contribution in [0.1, 0.15) is 61.8 Å². The zero-order valence-electron chi connectivity index (χ0n) is 16.9. The van der Waals surface area contributed by atoms with Gasteiger partial charge in [0.05, 0.1) is 36.5 Å². The maximum Gasteiger partial charge on any atom is 0.339 e. The average molecular weight is 524 g/mol. The fourth-order valence-electron chi connectivity index (χ4n) is 2.13. The summed E-state index contributed by atoms with van der Waals surface area (Å²) in [5.41, 5.74) is 0.634. The quantitative estimate of drug-likeness (QED) is 0.295. The molecule has 0 aliphatic heterocycles. The van der Waals surface area contributed by atoms with E-state index in [4.69, 9.17) is 18.9 Å². The predicted octanol–water partition coefficient (Wildman–Crippen LogP) is 5.15. The molecule has 1 aromatic carbocycles. The number of ether oxygens (including phenoxy) is 4. The molecule has 0 aliphatic carbocycles. The maximum atomic E-state index is 12.4. The Hall–Kier alpha value is -0.960. The molecule has 0 aromatic heterocycles. The smallest absolute Gasteiger partial charge is 0.339 e. The molecule has 0 N–H and O–H groups in total. The van der Waals surface area contributed by atoms with Gasteiger partial charge in [-0.25, -0.2) is 9.59 Å². The SMILES string of the molecule is CC(C)OCCOC(=O)c1cc(Br)c(C(=O)OC(C)CCOC(C)C)cc1Br. The Balaban J connectivity index is 2.68. The summed E-state index contributed by atoms with van der Waals surface area (Å²) in [4.78, 5) is 24.7. The van der Waals surface area contributed by atoms with Gasteiger partial charge in [0.2, 0.25) is 0 Å². The Morgan fingerprint density at radius 3 is 1.86 bits per heavy atom. The van der Waals surface area contributed by atoms with Gasteiger partial charge in [0.15, 0.2) is 0 Å². The van der Waals surface area contributed by atoms with Crippen molar-refractivity contribution in [1.82, 2.24) is 0 Å². The minimum atomic E-state index is -0.501. The maximum absolute atomic E-state index is 12.4. The molecule has 0 spiro atoms. The van der Waals surface area contributed by atoms with Gasteiger partial charge in [-0.1, -0.05) is 0 Å². The van der Waals surface area contributed by atoms with E-state index in [9.17, 15) is 9.59 Å². The zero-order chi connectivity index (χ0) is 21.3. The van der Waals surface area contributed by atoms with Crippen LogP contribution in [0.15, 0.2) is 21.1 Å². The predicted molar refractivity (Wildman–Crippen MR) is 114 cm³/mol. The van der Waals surface area contributed by atoms with E-state index in [2.05, 4.69) is 31.9 Å². The number of rotatable bonds is 11. The molecule has 0 fully saturated rings. The van der Waals surface area contributed by atoms with Crippen molar-refractivity contribution in [1.29, 1.82) is 0 Å². The van der Waals surface area contributed by atoms with Crippen LogP contribution in [0.25, 0.3) is 0 Å². The largest absolute Gasteiger partial charge is 0.460 e. The summed E-state index contributed by atoms with van der Waals surface area (Å²) in [6.07, 6.45) is 0.523. The number of halogens is 2. The molecule has 0 amide bonds. The molecule has 1 atom stereocenters. The number of esters is 2. The highest BCUT2D eigenvalue weighted by molar-refractivity contribution is 9.11. The van der Waals surface area contributed by atoms with Gasteiger partial charge in [-0.15, -0.1) is 0 Å². The van der Waals surface area contributed by atoms with Crippen LogP contribution in [0.2, 0.25) is 0 Å². The first kappa shape index (κ1) is 25.1. The summed E-state index contributed by atoms with van der Waals surface area (Å²) >= 11 is 6.66. The third-order valence-corrected chi connectivity index (χ3v) is 4.86. The first-order chi connectivity index (χ1) is 13.1. The summed E-state index contributed by atoms with van der Waals surface area (Å²) in [5, 5.41) is 0. The third kappa shape index (κ3) is 9.03. The van der Waals surface area contributed by atoms with Gasteiger partial charge in [0.1, 0.15) is 12.7 Å². The second kappa shape index (κ2) is 12.6. The topological polar surface area (TPSA) is 71.1 Å². The lowest BCUT2D eigenvalue weighted by Gasteiger charge is -2.16. The minimum Gasteiger partial charge on any atom is -0.460 e. The first-order valence-corrected chi connectivity index (χ1v) is 10.8. The van der Waals surface area contributed by atoms with Crippen molar-refractivity contribution in [3.63, 3.8) is 0 Å². The Bertz CT molecular complexity index is 660. The van der Waals surface area contributed by atoms with Crippen molar-refractivity contribution in [3.05, 3.63) is 32.2 Å². The highest BCUT2D eigenvalue weighted by Gasteiger charge is 2.20. The van der Waals surface area contributed by atoms with Crippen LogP contribution in [-0.4, -0.2) is 50.1 Å². The minimum absolute atomic E-state index is 0.0733. The Labute approximate surface area is 183 Å². The monoisotopic (exact) mass is 522 g/mol.